The van der Waals surface area contributed by atoms with Crippen LogP contribution in [0.2, 0.25) is 0 Å². The minimum Gasteiger partial charge on any atom is -0.457 e. The van der Waals surface area contributed by atoms with Crippen molar-refractivity contribution in [3.05, 3.63) is 78.6 Å². The van der Waals surface area contributed by atoms with E-state index in [1.165, 1.54) is 18.9 Å². The largest absolute Gasteiger partial charge is 0.457 e. The average molecular weight is 386 g/mol. The zero-order valence-corrected chi connectivity index (χ0v) is 16.7. The highest BCUT2D eigenvalue weighted by Gasteiger charge is 2.18. The van der Waals surface area contributed by atoms with Gasteiger partial charge in [-0.3, -0.25) is 4.79 Å². The van der Waals surface area contributed by atoms with E-state index in [2.05, 4.69) is 23.2 Å². The fourth-order valence-electron chi connectivity index (χ4n) is 3.64. The van der Waals surface area contributed by atoms with Crippen LogP contribution < -0.4 is 10.2 Å². The Morgan fingerprint density at radius 1 is 1.00 bits per heavy atom. The van der Waals surface area contributed by atoms with Crippen LogP contribution in [0.1, 0.15) is 25.5 Å². The summed E-state index contributed by atoms with van der Waals surface area (Å²) in [7, 11) is 0. The fraction of sp³-hybridized carbons (Fsp3) is 0.240. The fourth-order valence-corrected chi connectivity index (χ4v) is 3.64. The Kier molecular flexibility index (Phi) is 5.80. The molecule has 0 aliphatic carbocycles. The van der Waals surface area contributed by atoms with Gasteiger partial charge in [-0.15, -0.1) is 0 Å². The number of anilines is 2. The molecule has 2 heterocycles. The molecule has 1 aliphatic heterocycles. The molecule has 3 aromatic rings. The number of para-hydroxylation sites is 2. The molecule has 1 aliphatic rings. The van der Waals surface area contributed by atoms with Crippen molar-refractivity contribution in [2.45, 2.75) is 19.8 Å². The molecule has 4 nitrogen and oxygen atoms in total. The van der Waals surface area contributed by atoms with Crippen LogP contribution in [0.15, 0.2) is 77.2 Å². The van der Waals surface area contributed by atoms with E-state index < -0.39 is 0 Å². The van der Waals surface area contributed by atoms with Gasteiger partial charge in [0.05, 0.1) is 11.4 Å². The van der Waals surface area contributed by atoms with Gasteiger partial charge in [0.1, 0.15) is 11.5 Å². The number of benzene rings is 2. The van der Waals surface area contributed by atoms with Gasteiger partial charge in [-0.2, -0.15) is 0 Å². The van der Waals surface area contributed by atoms with Crippen molar-refractivity contribution in [2.24, 2.45) is 5.92 Å². The lowest BCUT2D eigenvalue weighted by molar-refractivity contribution is -0.111. The summed E-state index contributed by atoms with van der Waals surface area (Å²) in [6.07, 6.45) is 5.59. The zero-order valence-electron chi connectivity index (χ0n) is 16.7. The van der Waals surface area contributed by atoms with E-state index in [0.717, 1.165) is 41.7 Å². The quantitative estimate of drug-likeness (QED) is 0.561. The highest BCUT2D eigenvalue weighted by molar-refractivity contribution is 6.03. The van der Waals surface area contributed by atoms with Crippen LogP contribution in [0.25, 0.3) is 17.4 Å². The lowest BCUT2D eigenvalue weighted by Crippen LogP contribution is -2.33. The van der Waals surface area contributed by atoms with Crippen LogP contribution >= 0.6 is 0 Å². The smallest absolute Gasteiger partial charge is 0.248 e. The number of rotatable bonds is 5. The van der Waals surface area contributed by atoms with Crippen LogP contribution in [-0.4, -0.2) is 19.0 Å². The summed E-state index contributed by atoms with van der Waals surface area (Å²) in [6.45, 7) is 4.35. The summed E-state index contributed by atoms with van der Waals surface area (Å²) in [5.41, 5.74) is 2.95. The predicted molar refractivity (Wildman–Crippen MR) is 119 cm³/mol. The molecule has 1 saturated heterocycles. The van der Waals surface area contributed by atoms with Crippen LogP contribution in [0.4, 0.5) is 11.4 Å². The third kappa shape index (κ3) is 4.77. The van der Waals surface area contributed by atoms with E-state index in [-0.39, 0.29) is 5.91 Å². The van der Waals surface area contributed by atoms with Gasteiger partial charge in [0, 0.05) is 24.7 Å². The second-order valence-corrected chi connectivity index (χ2v) is 7.58. The number of nitrogens with zero attached hydrogens (tertiary/aromatic N) is 1. The molecule has 0 spiro atoms. The van der Waals surface area contributed by atoms with Crippen LogP contribution in [0, 0.1) is 5.92 Å². The molecule has 1 fully saturated rings. The molecule has 4 heteroatoms. The van der Waals surface area contributed by atoms with Gasteiger partial charge >= 0.3 is 0 Å². The third-order valence-corrected chi connectivity index (χ3v) is 5.37. The van der Waals surface area contributed by atoms with E-state index in [1.54, 1.807) is 6.08 Å². The number of carbonyl (C=O) groups excluding carboxylic acids is 1. The monoisotopic (exact) mass is 386 g/mol. The molecule has 4 rings (SSSR count). The minimum absolute atomic E-state index is 0.166. The number of piperidine rings is 1. The van der Waals surface area contributed by atoms with Crippen molar-refractivity contribution in [3.63, 3.8) is 0 Å². The van der Waals surface area contributed by atoms with Crippen molar-refractivity contribution in [1.29, 1.82) is 0 Å². The van der Waals surface area contributed by atoms with E-state index >= 15 is 0 Å². The summed E-state index contributed by atoms with van der Waals surface area (Å²) < 4.78 is 5.82. The first-order valence-corrected chi connectivity index (χ1v) is 10.2. The standard InChI is InChI=1S/C25H26N2O2/c1-19-15-17-27(18-16-19)23-10-6-5-9-22(23)26-25(28)14-12-21-11-13-24(29-21)20-7-3-2-4-8-20/h2-14,19H,15-18H2,1H3,(H,26,28)/b14-12+. The maximum absolute atomic E-state index is 12.5. The van der Waals surface area contributed by atoms with Gasteiger partial charge in [0.2, 0.25) is 5.91 Å². The molecule has 29 heavy (non-hydrogen) atoms. The van der Waals surface area contributed by atoms with E-state index in [9.17, 15) is 4.79 Å². The van der Waals surface area contributed by atoms with Gasteiger partial charge in [-0.25, -0.2) is 0 Å². The van der Waals surface area contributed by atoms with Gasteiger partial charge < -0.3 is 14.6 Å². The SMILES string of the molecule is CC1CCN(c2ccccc2NC(=O)/C=C/c2ccc(-c3ccccc3)o2)CC1. The number of hydrogen-bond donors (Lipinski definition) is 1. The van der Waals surface area contributed by atoms with Crippen LogP contribution in [0.5, 0.6) is 0 Å². The van der Waals surface area contributed by atoms with Crippen molar-refractivity contribution in [1.82, 2.24) is 0 Å². The second kappa shape index (κ2) is 8.82. The minimum atomic E-state index is -0.166. The third-order valence-electron chi connectivity index (χ3n) is 5.37. The number of furan rings is 1. The second-order valence-electron chi connectivity index (χ2n) is 7.58. The van der Waals surface area contributed by atoms with Crippen molar-refractivity contribution in [2.75, 3.05) is 23.3 Å². The molecule has 0 radical (unpaired) electrons. The summed E-state index contributed by atoms with van der Waals surface area (Å²) in [4.78, 5) is 14.9. The van der Waals surface area contributed by atoms with Gasteiger partial charge in [-0.1, -0.05) is 49.4 Å². The number of carbonyl (C=O) groups is 1. The Bertz CT molecular complexity index is 983. The molecule has 0 unspecified atom stereocenters. The number of amides is 1. The highest BCUT2D eigenvalue weighted by Crippen LogP contribution is 2.29. The summed E-state index contributed by atoms with van der Waals surface area (Å²) in [6, 6.07) is 21.7. The maximum atomic E-state index is 12.5. The Labute approximate surface area is 171 Å². The molecule has 148 valence electrons. The van der Waals surface area contributed by atoms with E-state index in [4.69, 9.17) is 4.42 Å². The Morgan fingerprint density at radius 3 is 2.52 bits per heavy atom. The molecule has 2 aromatic carbocycles. The summed E-state index contributed by atoms with van der Waals surface area (Å²) >= 11 is 0. The topological polar surface area (TPSA) is 45.5 Å². The first-order chi connectivity index (χ1) is 14.2. The lowest BCUT2D eigenvalue weighted by atomic mass is 9.98. The van der Waals surface area contributed by atoms with Crippen molar-refractivity contribution >= 4 is 23.4 Å². The molecular formula is C25H26N2O2. The summed E-state index contributed by atoms with van der Waals surface area (Å²) in [5.74, 6) is 2.04. The predicted octanol–water partition coefficient (Wildman–Crippen LogP) is 5.83. The molecule has 1 amide bonds. The molecule has 0 atom stereocenters. The Hall–Kier alpha value is -3.27. The lowest BCUT2D eigenvalue weighted by Gasteiger charge is -2.33. The van der Waals surface area contributed by atoms with Gasteiger partial charge in [0.15, 0.2) is 0 Å². The molecule has 0 saturated carbocycles. The first kappa shape index (κ1) is 19.1. The van der Waals surface area contributed by atoms with Gasteiger partial charge in [-0.05, 0) is 49.1 Å². The molecular weight excluding hydrogens is 360 g/mol. The molecule has 0 bridgehead atoms. The first-order valence-electron chi connectivity index (χ1n) is 10.2. The maximum Gasteiger partial charge on any atom is 0.248 e. The van der Waals surface area contributed by atoms with Crippen molar-refractivity contribution in [3.8, 4) is 11.3 Å². The Morgan fingerprint density at radius 2 is 1.72 bits per heavy atom. The van der Waals surface area contributed by atoms with Crippen LogP contribution in [0.3, 0.4) is 0 Å². The Balaban J connectivity index is 1.42. The number of nitrogens with one attached hydrogen (secondary N) is 1. The van der Waals surface area contributed by atoms with E-state index in [0.29, 0.717) is 5.76 Å². The van der Waals surface area contributed by atoms with Crippen LogP contribution in [-0.2, 0) is 4.79 Å². The van der Waals surface area contributed by atoms with Gasteiger partial charge in [0.25, 0.3) is 0 Å². The summed E-state index contributed by atoms with van der Waals surface area (Å²) in [5, 5.41) is 3.02. The molecule has 1 N–H and O–H groups in total. The highest BCUT2D eigenvalue weighted by atomic mass is 16.3. The van der Waals surface area contributed by atoms with E-state index in [1.807, 2.05) is 60.7 Å². The normalized spacial score (nSPS) is 15.0. The van der Waals surface area contributed by atoms with Crippen molar-refractivity contribution < 1.29 is 9.21 Å². The average Bonchev–Trinajstić information content (AvgIpc) is 3.23. The zero-order chi connectivity index (χ0) is 20.1. The molecule has 1 aromatic heterocycles. The number of hydrogen-bond acceptors (Lipinski definition) is 3.